The lowest BCUT2D eigenvalue weighted by Gasteiger charge is -2.30. The molecular formula is C24H32FN3O4S. The molecule has 0 saturated carbocycles. The third-order valence-corrected chi connectivity index (χ3v) is 6.58. The molecule has 2 amide bonds. The van der Waals surface area contributed by atoms with Crippen LogP contribution in [0.2, 0.25) is 0 Å². The normalized spacial score (nSPS) is 12.2. The van der Waals surface area contributed by atoms with E-state index in [1.807, 2.05) is 38.1 Å². The predicted octanol–water partition coefficient (Wildman–Crippen LogP) is 3.23. The molecule has 0 radical (unpaired) electrons. The van der Waals surface area contributed by atoms with Crippen LogP contribution in [-0.4, -0.2) is 50.5 Å². The first-order chi connectivity index (χ1) is 15.5. The summed E-state index contributed by atoms with van der Waals surface area (Å²) in [4.78, 5) is 27.1. The van der Waals surface area contributed by atoms with Crippen molar-refractivity contribution in [2.24, 2.45) is 0 Å². The molecule has 33 heavy (non-hydrogen) atoms. The van der Waals surface area contributed by atoms with Gasteiger partial charge in [-0.1, -0.05) is 24.3 Å². The molecule has 0 unspecified atom stereocenters. The Morgan fingerprint density at radius 2 is 1.73 bits per heavy atom. The Bertz CT molecular complexity index is 1060. The van der Waals surface area contributed by atoms with Crippen LogP contribution in [-0.2, 0) is 26.2 Å². The van der Waals surface area contributed by atoms with Gasteiger partial charge in [0.05, 0.1) is 11.9 Å². The van der Waals surface area contributed by atoms with Gasteiger partial charge in [0.1, 0.15) is 11.9 Å². The van der Waals surface area contributed by atoms with Crippen LogP contribution in [0.5, 0.6) is 0 Å². The van der Waals surface area contributed by atoms with E-state index < -0.39 is 21.9 Å². The maximum Gasteiger partial charge on any atom is 0.242 e. The lowest BCUT2D eigenvalue weighted by atomic mass is 10.1. The number of amides is 2. The van der Waals surface area contributed by atoms with Crippen LogP contribution in [0.15, 0.2) is 48.5 Å². The standard InChI is InChI=1S/C24H32FN3O4S/c1-5-26-24(30)19(3)27(17-20-10-7-6-9-18(20)2)23(29)11-8-16-28(33(4,31)32)22-14-12-21(25)13-15-22/h6-7,9-10,12-15,19H,5,8,11,16-17H2,1-4H3,(H,26,30)/t19-/m0/s1. The Kier molecular flexibility index (Phi) is 9.40. The van der Waals surface area contributed by atoms with Gasteiger partial charge < -0.3 is 10.2 Å². The van der Waals surface area contributed by atoms with Gasteiger partial charge in [-0.05, 0) is 62.6 Å². The average molecular weight is 478 g/mol. The molecule has 0 aliphatic rings. The van der Waals surface area contributed by atoms with Crippen LogP contribution in [0.1, 0.15) is 37.8 Å². The van der Waals surface area contributed by atoms with Gasteiger partial charge >= 0.3 is 0 Å². The molecule has 0 aliphatic carbocycles. The molecule has 0 bridgehead atoms. The van der Waals surface area contributed by atoms with E-state index in [0.29, 0.717) is 12.2 Å². The van der Waals surface area contributed by atoms with E-state index in [2.05, 4.69) is 5.32 Å². The fourth-order valence-electron chi connectivity index (χ4n) is 3.49. The fourth-order valence-corrected chi connectivity index (χ4v) is 4.45. The number of halogens is 1. The van der Waals surface area contributed by atoms with Crippen molar-refractivity contribution in [1.29, 1.82) is 0 Å². The van der Waals surface area contributed by atoms with Crippen LogP contribution < -0.4 is 9.62 Å². The first-order valence-corrected chi connectivity index (χ1v) is 12.7. The molecule has 2 aromatic rings. The Balaban J connectivity index is 2.15. The van der Waals surface area contributed by atoms with Gasteiger partial charge in [-0.25, -0.2) is 12.8 Å². The van der Waals surface area contributed by atoms with Crippen LogP contribution >= 0.6 is 0 Å². The summed E-state index contributed by atoms with van der Waals surface area (Å²) in [5.41, 5.74) is 2.28. The summed E-state index contributed by atoms with van der Waals surface area (Å²) in [6.07, 6.45) is 1.37. The maximum absolute atomic E-state index is 13.2. The Morgan fingerprint density at radius 3 is 2.30 bits per heavy atom. The van der Waals surface area contributed by atoms with Crippen molar-refractivity contribution in [2.45, 2.75) is 46.2 Å². The Hall–Kier alpha value is -2.94. The molecule has 2 aromatic carbocycles. The summed E-state index contributed by atoms with van der Waals surface area (Å²) < 4.78 is 38.9. The van der Waals surface area contributed by atoms with E-state index in [9.17, 15) is 22.4 Å². The molecule has 0 aliphatic heterocycles. The highest BCUT2D eigenvalue weighted by Crippen LogP contribution is 2.20. The minimum absolute atomic E-state index is 0.0584. The van der Waals surface area contributed by atoms with Gasteiger partial charge in [0.2, 0.25) is 21.8 Å². The number of sulfonamides is 1. The number of carbonyl (C=O) groups is 2. The molecule has 2 rings (SSSR count). The number of nitrogens with one attached hydrogen (secondary N) is 1. The van der Waals surface area contributed by atoms with Crippen molar-refractivity contribution in [2.75, 3.05) is 23.7 Å². The number of benzene rings is 2. The summed E-state index contributed by atoms with van der Waals surface area (Å²) in [5, 5.41) is 2.75. The molecule has 1 atom stereocenters. The second kappa shape index (κ2) is 11.8. The molecule has 0 spiro atoms. The van der Waals surface area contributed by atoms with Gasteiger partial charge in [-0.2, -0.15) is 0 Å². The van der Waals surface area contributed by atoms with Crippen molar-refractivity contribution >= 4 is 27.5 Å². The SMILES string of the molecule is CCNC(=O)[C@H](C)N(Cc1ccccc1C)C(=O)CCCN(c1ccc(F)cc1)S(C)(=O)=O. The maximum atomic E-state index is 13.2. The molecule has 7 nitrogen and oxygen atoms in total. The van der Waals surface area contributed by atoms with Crippen molar-refractivity contribution in [3.63, 3.8) is 0 Å². The first-order valence-electron chi connectivity index (χ1n) is 10.9. The highest BCUT2D eigenvalue weighted by Gasteiger charge is 2.26. The minimum Gasteiger partial charge on any atom is -0.355 e. The largest absolute Gasteiger partial charge is 0.355 e. The highest BCUT2D eigenvalue weighted by molar-refractivity contribution is 7.92. The van der Waals surface area contributed by atoms with Gasteiger partial charge in [0.25, 0.3) is 0 Å². The van der Waals surface area contributed by atoms with Gasteiger partial charge in [0.15, 0.2) is 0 Å². The highest BCUT2D eigenvalue weighted by atomic mass is 32.2. The van der Waals surface area contributed by atoms with Crippen molar-refractivity contribution in [3.8, 4) is 0 Å². The van der Waals surface area contributed by atoms with Crippen LogP contribution in [0.3, 0.4) is 0 Å². The van der Waals surface area contributed by atoms with Crippen LogP contribution in [0, 0.1) is 12.7 Å². The number of nitrogens with zero attached hydrogens (tertiary/aromatic N) is 2. The van der Waals surface area contributed by atoms with E-state index in [0.717, 1.165) is 21.7 Å². The number of hydrogen-bond donors (Lipinski definition) is 1. The zero-order valence-electron chi connectivity index (χ0n) is 19.5. The van der Waals surface area contributed by atoms with Gasteiger partial charge in [0, 0.05) is 26.1 Å². The van der Waals surface area contributed by atoms with Crippen molar-refractivity contribution < 1.29 is 22.4 Å². The Labute approximate surface area is 195 Å². The second-order valence-corrected chi connectivity index (χ2v) is 9.84. The van der Waals surface area contributed by atoms with E-state index in [4.69, 9.17) is 0 Å². The van der Waals surface area contributed by atoms with Crippen LogP contribution in [0.25, 0.3) is 0 Å². The number of carbonyl (C=O) groups excluding carboxylic acids is 2. The summed E-state index contributed by atoms with van der Waals surface area (Å²) >= 11 is 0. The monoisotopic (exact) mass is 477 g/mol. The molecule has 0 saturated heterocycles. The molecule has 180 valence electrons. The third kappa shape index (κ3) is 7.56. The van der Waals surface area contributed by atoms with Crippen molar-refractivity contribution in [3.05, 3.63) is 65.5 Å². The van der Waals surface area contributed by atoms with Crippen LogP contribution in [0.4, 0.5) is 10.1 Å². The molecule has 0 fully saturated rings. The number of likely N-dealkylation sites (N-methyl/N-ethyl adjacent to an activating group) is 1. The average Bonchev–Trinajstić information content (AvgIpc) is 2.75. The smallest absolute Gasteiger partial charge is 0.242 e. The molecule has 0 heterocycles. The lowest BCUT2D eigenvalue weighted by molar-refractivity contribution is -0.140. The zero-order chi connectivity index (χ0) is 24.6. The summed E-state index contributed by atoms with van der Waals surface area (Å²) in [5.74, 6) is -0.957. The molecule has 9 heteroatoms. The summed E-state index contributed by atoms with van der Waals surface area (Å²) in [6, 6.07) is 12.1. The van der Waals surface area contributed by atoms with E-state index in [1.54, 1.807) is 6.92 Å². The first kappa shape index (κ1) is 26.3. The molecular weight excluding hydrogens is 445 g/mol. The number of hydrogen-bond acceptors (Lipinski definition) is 4. The lowest BCUT2D eigenvalue weighted by Crippen LogP contribution is -2.47. The Morgan fingerprint density at radius 1 is 1.09 bits per heavy atom. The quantitative estimate of drug-likeness (QED) is 0.538. The fraction of sp³-hybridized carbons (Fsp3) is 0.417. The topological polar surface area (TPSA) is 86.8 Å². The van der Waals surface area contributed by atoms with E-state index >= 15 is 0 Å². The number of anilines is 1. The van der Waals surface area contributed by atoms with E-state index in [-0.39, 0.29) is 37.7 Å². The predicted molar refractivity (Wildman–Crippen MR) is 128 cm³/mol. The summed E-state index contributed by atoms with van der Waals surface area (Å²) in [7, 11) is -3.62. The number of aryl methyl sites for hydroxylation is 1. The molecule has 1 N–H and O–H groups in total. The second-order valence-electron chi connectivity index (χ2n) is 7.93. The van der Waals surface area contributed by atoms with Gasteiger partial charge in [-0.3, -0.25) is 13.9 Å². The van der Waals surface area contributed by atoms with Gasteiger partial charge in [-0.15, -0.1) is 0 Å². The summed E-state index contributed by atoms with van der Waals surface area (Å²) in [6.45, 7) is 6.23. The third-order valence-electron chi connectivity index (χ3n) is 5.39. The zero-order valence-corrected chi connectivity index (χ0v) is 20.4. The number of rotatable bonds is 11. The van der Waals surface area contributed by atoms with E-state index in [1.165, 1.54) is 29.2 Å². The molecule has 0 aromatic heterocycles. The van der Waals surface area contributed by atoms with Crippen molar-refractivity contribution in [1.82, 2.24) is 10.2 Å². The minimum atomic E-state index is -3.62.